The smallest absolute Gasteiger partial charge is 0.232 e. The molecule has 0 saturated carbocycles. The van der Waals surface area contributed by atoms with Crippen LogP contribution in [0.15, 0.2) is 155 Å². The van der Waals surface area contributed by atoms with Crippen molar-refractivity contribution in [1.82, 2.24) is 21.3 Å². The van der Waals surface area contributed by atoms with E-state index in [1.165, 1.54) is 200 Å². The molecule has 596 valence electrons. The first-order valence-corrected chi connectivity index (χ1v) is 41.7. The summed E-state index contributed by atoms with van der Waals surface area (Å²) < 4.78 is 15.7. The topological polar surface area (TPSA) is 233 Å². The summed E-state index contributed by atoms with van der Waals surface area (Å²) in [5.74, 6) is -1.28. The van der Waals surface area contributed by atoms with Gasteiger partial charge < -0.3 is 40.6 Å². The molecular formula is C91H140N4O12. The quantitative estimate of drug-likeness (QED) is 0.0131. The Labute approximate surface area is 645 Å². The zero-order chi connectivity index (χ0) is 77.8. The molecule has 1 fully saturated rings. The summed E-state index contributed by atoms with van der Waals surface area (Å²) >= 11 is 0. The summed E-state index contributed by atoms with van der Waals surface area (Å²) in [7, 11) is 4.42. The number of nitrogens with one attached hydrogen (secondary N) is 4. The number of aliphatic hydroxyl groups is 1. The third kappa shape index (κ3) is 39.4. The van der Waals surface area contributed by atoms with Crippen molar-refractivity contribution in [3.8, 4) is 0 Å². The van der Waals surface area contributed by atoms with Crippen molar-refractivity contribution in [1.29, 1.82) is 0 Å². The van der Waals surface area contributed by atoms with E-state index in [2.05, 4.69) is 59.7 Å². The summed E-state index contributed by atoms with van der Waals surface area (Å²) in [5.41, 5.74) is 3.56. The summed E-state index contributed by atoms with van der Waals surface area (Å²) in [6, 6.07) is 0. The average Bonchev–Trinajstić information content (AvgIpc) is 0.842. The molecule has 0 atom stereocenters. The van der Waals surface area contributed by atoms with Gasteiger partial charge in [-0.1, -0.05) is 203 Å². The van der Waals surface area contributed by atoms with Gasteiger partial charge >= 0.3 is 0 Å². The number of hydrogen-bond acceptors (Lipinski definition) is 16. The first-order valence-electron chi connectivity index (χ1n) is 41.7. The number of Topliss-reactive ketones (excluding diaryl/α,β-unsaturated/α-hetero) is 4. The maximum absolute atomic E-state index is 12.8. The van der Waals surface area contributed by atoms with Crippen molar-refractivity contribution in [2.75, 3.05) is 47.5 Å². The molecule has 107 heavy (non-hydrogen) atoms. The number of ketones is 8. The van der Waals surface area contributed by atoms with Gasteiger partial charge in [-0.3, -0.25) is 38.4 Å². The lowest BCUT2D eigenvalue weighted by Gasteiger charge is -2.19. The van der Waals surface area contributed by atoms with Crippen LogP contribution in [0.1, 0.15) is 321 Å². The molecule has 0 aromatic heterocycles. The lowest BCUT2D eigenvalue weighted by molar-refractivity contribution is -0.132. The number of carbonyl (C=O) groups is 8. The van der Waals surface area contributed by atoms with E-state index in [1.807, 2.05) is 24.3 Å². The number of carbonyl (C=O) groups excluding carboxylic acids is 8. The van der Waals surface area contributed by atoms with E-state index in [9.17, 15) is 43.5 Å². The van der Waals surface area contributed by atoms with Gasteiger partial charge in [-0.25, -0.2) is 0 Å². The highest BCUT2D eigenvalue weighted by Crippen LogP contribution is 2.29. The molecule has 0 radical (unpaired) electrons. The summed E-state index contributed by atoms with van der Waals surface area (Å²) in [5, 5.41) is 23.0. The molecule has 2 aliphatic heterocycles. The number of ether oxygens (including phenoxy) is 3. The minimum atomic E-state index is -0.561. The second-order valence-corrected chi connectivity index (χ2v) is 29.1. The number of hydrogen-bond donors (Lipinski definition) is 5. The molecule has 16 nitrogen and oxygen atoms in total. The van der Waals surface area contributed by atoms with Crippen LogP contribution in [0.25, 0.3) is 0 Å². The minimum absolute atomic E-state index is 0.0484. The highest BCUT2D eigenvalue weighted by atomic mass is 16.5. The second kappa shape index (κ2) is 61.3. The molecule has 6 rings (SSSR count). The lowest BCUT2D eigenvalue weighted by Crippen LogP contribution is -2.29. The van der Waals surface area contributed by atoms with Crippen LogP contribution >= 0.6 is 0 Å². The molecule has 0 unspecified atom stereocenters. The van der Waals surface area contributed by atoms with Gasteiger partial charge in [-0.15, -0.1) is 26.3 Å². The number of unbranched alkanes of at least 4 members (excludes halogenated alkanes) is 18. The van der Waals surface area contributed by atoms with Crippen molar-refractivity contribution >= 4 is 46.3 Å². The fourth-order valence-corrected chi connectivity index (χ4v) is 13.9. The number of rotatable bonds is 35. The average molecular weight is 1480 g/mol. The van der Waals surface area contributed by atoms with Crippen molar-refractivity contribution in [2.45, 2.75) is 321 Å². The molecule has 0 aromatic rings. The molecule has 0 aromatic carbocycles. The molecule has 0 spiro atoms. The zero-order valence-electron chi connectivity index (χ0n) is 66.7. The van der Waals surface area contributed by atoms with Crippen LogP contribution in [0, 0.1) is 0 Å². The monoisotopic (exact) mass is 1480 g/mol. The van der Waals surface area contributed by atoms with Crippen LogP contribution in [0.4, 0.5) is 0 Å². The van der Waals surface area contributed by atoms with Crippen molar-refractivity contribution in [3.63, 3.8) is 0 Å². The van der Waals surface area contributed by atoms with Gasteiger partial charge in [0.1, 0.15) is 5.76 Å². The predicted molar refractivity (Wildman–Crippen MR) is 437 cm³/mol. The van der Waals surface area contributed by atoms with Crippen LogP contribution in [0.2, 0.25) is 0 Å². The molecule has 5 N–H and O–H groups in total. The van der Waals surface area contributed by atoms with Crippen molar-refractivity contribution in [2.24, 2.45) is 0 Å². The lowest BCUT2D eigenvalue weighted by atomic mass is 9.93. The number of aliphatic hydroxyl groups excluding tert-OH is 1. The van der Waals surface area contributed by atoms with Gasteiger partial charge in [0.25, 0.3) is 0 Å². The highest BCUT2D eigenvalue weighted by molar-refractivity contribution is 6.48. The predicted octanol–water partition coefficient (Wildman–Crippen LogP) is 20.8. The maximum Gasteiger partial charge on any atom is 0.232 e. The van der Waals surface area contributed by atoms with Crippen LogP contribution in [0.3, 0.4) is 0 Å². The van der Waals surface area contributed by atoms with Gasteiger partial charge in [0, 0.05) is 72.8 Å². The largest absolute Gasteiger partial charge is 0.505 e. The van der Waals surface area contributed by atoms with Gasteiger partial charge in [-0.2, -0.15) is 0 Å². The van der Waals surface area contributed by atoms with Crippen LogP contribution in [0.5, 0.6) is 0 Å². The van der Waals surface area contributed by atoms with Crippen LogP contribution < -0.4 is 21.3 Å². The molecule has 16 heteroatoms. The number of allylic oxidation sites excluding steroid dienone is 14. The Kier molecular flexibility index (Phi) is 53.6. The standard InChI is InChI=1S/C24H37NO3.C23H35NO3.C22H35NO3.C22H33NO3/c1-4-6-8-10-11-12-13-14-15-17-20-23(27)21(19-22(26)24(20)28-3)25-18-16-9-7-5-2;1-3-5-7-9-10-11-12-13-14-16-19-22(26)20(18-21(25)23(19)27)24-17-15-8-6-4-2;2*1-26-22-18-15-13-11-9-7-5-3-2-4-6-8-10-12-14-16-23-19(21(18)25)17-20(22)24/h4-5,19,25H,1-2,6-18H2,3H3;3-4,18,24,26H,1-2,5-17H2;17,23H,2-16H2,1H3;6,8,17,23H,2-5,7,9-16H2,1H3. The molecular weight excluding hydrogens is 1340 g/mol. The van der Waals surface area contributed by atoms with E-state index < -0.39 is 11.6 Å². The second-order valence-electron chi connectivity index (χ2n) is 29.1. The fraction of sp³-hybridized carbons (Fsp3) is 0.626. The molecule has 6 aliphatic rings. The first-order chi connectivity index (χ1) is 52.2. The van der Waals surface area contributed by atoms with E-state index in [-0.39, 0.29) is 63.3 Å². The van der Waals surface area contributed by atoms with E-state index >= 15 is 0 Å². The highest BCUT2D eigenvalue weighted by Gasteiger charge is 2.33. The van der Waals surface area contributed by atoms with Gasteiger partial charge in [0.05, 0.1) is 44.1 Å². The fourth-order valence-electron chi connectivity index (χ4n) is 13.9. The first kappa shape index (κ1) is 93.6. The van der Waals surface area contributed by atoms with Crippen molar-refractivity contribution < 1.29 is 57.7 Å². The Morgan fingerprint density at radius 1 is 0.355 bits per heavy atom. The number of fused-ring (bicyclic) bond motifs is 4. The normalized spacial score (nSPS) is 18.1. The Morgan fingerprint density at radius 2 is 0.682 bits per heavy atom. The Bertz CT molecular complexity index is 3070. The summed E-state index contributed by atoms with van der Waals surface area (Å²) in [4.78, 5) is 99.2. The molecule has 0 amide bonds. The summed E-state index contributed by atoms with van der Waals surface area (Å²) in [6.07, 6.45) is 72.6. The molecule has 1 saturated heterocycles. The molecule has 2 heterocycles. The molecule has 4 aliphatic carbocycles. The Hall–Kier alpha value is -7.62. The van der Waals surface area contributed by atoms with Crippen LogP contribution in [-0.2, 0) is 52.6 Å². The molecule has 4 bridgehead atoms. The van der Waals surface area contributed by atoms with Gasteiger partial charge in [-0.05, 0) is 154 Å². The third-order valence-electron chi connectivity index (χ3n) is 20.3. The SMILES string of the molecule is C=CCCCCCCCCCC1=C(O)C(NCCCCC=C)=CC(=O)C1=O.C=CCCCCCCCCCC1=C(OC)C(=O)C=C(NCCCCC=C)C1=O.COC1=C2CCCCCCCCCC=CCCCCNC(=CC1=O)C2=O.COC1=C2CCCCCCCCCCCCCCCNC(=CC1=O)C2=O. The van der Waals surface area contributed by atoms with Crippen LogP contribution in [-0.4, -0.2) is 98.9 Å². The van der Waals surface area contributed by atoms with E-state index in [0.717, 1.165) is 148 Å². The van der Waals surface area contributed by atoms with Crippen molar-refractivity contribution in [3.05, 3.63) is 155 Å². The Balaban J connectivity index is 0.000000370. The zero-order valence-corrected chi connectivity index (χ0v) is 66.7. The third-order valence-corrected chi connectivity index (χ3v) is 20.3. The van der Waals surface area contributed by atoms with Gasteiger partial charge in [0.2, 0.25) is 46.3 Å². The summed E-state index contributed by atoms with van der Waals surface area (Å²) in [6.45, 7) is 17.7. The van der Waals surface area contributed by atoms with E-state index in [1.54, 1.807) is 0 Å². The van der Waals surface area contributed by atoms with E-state index in [4.69, 9.17) is 14.2 Å². The maximum atomic E-state index is 12.8. The Morgan fingerprint density at radius 3 is 1.10 bits per heavy atom. The van der Waals surface area contributed by atoms with Gasteiger partial charge in [0.15, 0.2) is 17.3 Å². The minimum Gasteiger partial charge on any atom is -0.505 e. The number of methoxy groups -OCH3 is 3. The van der Waals surface area contributed by atoms with E-state index in [0.29, 0.717) is 84.8 Å².